The third-order valence-electron chi connectivity index (χ3n) is 4.55. The van der Waals surface area contributed by atoms with Crippen LogP contribution in [0.15, 0.2) is 60.1 Å². The van der Waals surface area contributed by atoms with E-state index >= 15 is 0 Å². The summed E-state index contributed by atoms with van der Waals surface area (Å²) in [6.07, 6.45) is -2.20. The Kier molecular flexibility index (Phi) is 5.53. The summed E-state index contributed by atoms with van der Waals surface area (Å²) in [5, 5.41) is 5.20. The first kappa shape index (κ1) is 20.4. The van der Waals surface area contributed by atoms with Crippen molar-refractivity contribution >= 4 is 33.8 Å². The Bertz CT molecular complexity index is 1200. The molecular formula is C21H15ClF3N3OS. The topological polar surface area (TPSA) is 46.4 Å². The van der Waals surface area contributed by atoms with Crippen LogP contribution in [0.5, 0.6) is 0 Å². The van der Waals surface area contributed by atoms with Gasteiger partial charge in [-0.3, -0.25) is 9.20 Å². The number of imidazole rings is 1. The van der Waals surface area contributed by atoms with Crippen molar-refractivity contribution in [1.29, 1.82) is 0 Å². The number of carbonyl (C=O) groups excluding carboxylic acids is 1. The zero-order valence-electron chi connectivity index (χ0n) is 15.4. The molecule has 0 radical (unpaired) electrons. The number of thiazole rings is 1. The van der Waals surface area contributed by atoms with Crippen LogP contribution in [-0.2, 0) is 12.6 Å². The zero-order valence-corrected chi connectivity index (χ0v) is 17.0. The van der Waals surface area contributed by atoms with E-state index in [1.54, 1.807) is 34.2 Å². The number of carbonyl (C=O) groups is 1. The Labute approximate surface area is 178 Å². The van der Waals surface area contributed by atoms with Crippen molar-refractivity contribution in [2.45, 2.75) is 12.6 Å². The van der Waals surface area contributed by atoms with Crippen molar-refractivity contribution in [2.24, 2.45) is 0 Å². The normalized spacial score (nSPS) is 11.7. The molecule has 2 aromatic carbocycles. The minimum atomic E-state index is -4.48. The standard InChI is InChI=1S/C21H15ClF3N3OS/c22-16-6-4-13(5-7-16)8-9-26-19(29)17-18(28-10-11-30-20(28)27-17)14-2-1-3-15(12-14)21(23,24)25/h1-7,10-12H,8-9H2,(H,26,29). The molecule has 4 aromatic rings. The van der Waals surface area contributed by atoms with E-state index < -0.39 is 17.6 Å². The average molecular weight is 450 g/mol. The molecule has 4 rings (SSSR count). The molecule has 0 aliphatic rings. The highest BCUT2D eigenvalue weighted by Crippen LogP contribution is 2.34. The van der Waals surface area contributed by atoms with E-state index in [0.717, 1.165) is 17.7 Å². The number of fused-ring (bicyclic) bond motifs is 1. The van der Waals surface area contributed by atoms with Crippen LogP contribution in [0, 0.1) is 0 Å². The van der Waals surface area contributed by atoms with Crippen molar-refractivity contribution < 1.29 is 18.0 Å². The quantitative estimate of drug-likeness (QED) is 0.424. The van der Waals surface area contributed by atoms with Crippen molar-refractivity contribution in [3.8, 4) is 11.3 Å². The molecule has 0 saturated carbocycles. The summed E-state index contributed by atoms with van der Waals surface area (Å²) < 4.78 is 41.1. The smallest absolute Gasteiger partial charge is 0.350 e. The fraction of sp³-hybridized carbons (Fsp3) is 0.143. The Balaban J connectivity index is 1.61. The SMILES string of the molecule is O=C(NCCc1ccc(Cl)cc1)c1nc2sccn2c1-c1cccc(C(F)(F)F)c1. The van der Waals surface area contributed by atoms with E-state index in [0.29, 0.717) is 28.6 Å². The number of rotatable bonds is 5. The Morgan fingerprint density at radius 2 is 1.93 bits per heavy atom. The second kappa shape index (κ2) is 8.12. The number of aromatic nitrogens is 2. The summed E-state index contributed by atoms with van der Waals surface area (Å²) in [5.41, 5.74) is 0.931. The van der Waals surface area contributed by atoms with E-state index in [2.05, 4.69) is 10.3 Å². The summed E-state index contributed by atoms with van der Waals surface area (Å²) in [7, 11) is 0. The van der Waals surface area contributed by atoms with Crippen LogP contribution in [0.2, 0.25) is 5.02 Å². The summed E-state index contributed by atoms with van der Waals surface area (Å²) in [4.78, 5) is 17.7. The molecule has 0 unspecified atom stereocenters. The second-order valence-electron chi connectivity index (χ2n) is 6.58. The third kappa shape index (κ3) is 4.20. The van der Waals surface area contributed by atoms with Gasteiger partial charge in [-0.25, -0.2) is 4.98 Å². The van der Waals surface area contributed by atoms with Crippen molar-refractivity contribution in [3.63, 3.8) is 0 Å². The second-order valence-corrected chi connectivity index (χ2v) is 7.88. The molecular weight excluding hydrogens is 435 g/mol. The fourth-order valence-electron chi connectivity index (χ4n) is 3.12. The number of nitrogens with one attached hydrogen (secondary N) is 1. The molecule has 0 aliphatic heterocycles. The van der Waals surface area contributed by atoms with E-state index in [1.165, 1.54) is 17.4 Å². The van der Waals surface area contributed by atoms with Gasteiger partial charge in [0.15, 0.2) is 10.7 Å². The lowest BCUT2D eigenvalue weighted by molar-refractivity contribution is -0.137. The first-order chi connectivity index (χ1) is 14.3. The number of benzene rings is 2. The summed E-state index contributed by atoms with van der Waals surface area (Å²) in [5.74, 6) is -0.438. The van der Waals surface area contributed by atoms with Crippen LogP contribution >= 0.6 is 22.9 Å². The lowest BCUT2D eigenvalue weighted by atomic mass is 10.1. The van der Waals surface area contributed by atoms with Gasteiger partial charge in [0.2, 0.25) is 0 Å². The van der Waals surface area contributed by atoms with E-state index in [4.69, 9.17) is 11.6 Å². The molecule has 2 aromatic heterocycles. The van der Waals surface area contributed by atoms with Crippen molar-refractivity contribution in [3.05, 3.63) is 82.0 Å². The van der Waals surface area contributed by atoms with Gasteiger partial charge < -0.3 is 5.32 Å². The molecule has 1 amide bonds. The number of nitrogens with zero attached hydrogens (tertiary/aromatic N) is 2. The Morgan fingerprint density at radius 3 is 2.67 bits per heavy atom. The first-order valence-corrected chi connectivity index (χ1v) is 10.2. The molecule has 0 spiro atoms. The number of amides is 1. The lowest BCUT2D eigenvalue weighted by Gasteiger charge is -2.10. The Hall–Kier alpha value is -2.84. The molecule has 0 atom stereocenters. The molecule has 1 N–H and O–H groups in total. The predicted molar refractivity (Wildman–Crippen MR) is 111 cm³/mol. The van der Waals surface area contributed by atoms with Gasteiger partial charge in [-0.2, -0.15) is 13.2 Å². The highest BCUT2D eigenvalue weighted by Gasteiger charge is 2.31. The van der Waals surface area contributed by atoms with Crippen LogP contribution in [0.1, 0.15) is 21.6 Å². The van der Waals surface area contributed by atoms with Gasteiger partial charge in [0.05, 0.1) is 11.3 Å². The summed E-state index contributed by atoms with van der Waals surface area (Å²) >= 11 is 7.17. The molecule has 154 valence electrons. The zero-order chi connectivity index (χ0) is 21.3. The van der Waals surface area contributed by atoms with Crippen LogP contribution < -0.4 is 5.32 Å². The summed E-state index contributed by atoms with van der Waals surface area (Å²) in [6, 6.07) is 12.2. The molecule has 4 nitrogen and oxygen atoms in total. The minimum absolute atomic E-state index is 0.0947. The number of halogens is 4. The van der Waals surface area contributed by atoms with Gasteiger partial charge in [-0.05, 0) is 36.2 Å². The number of hydrogen-bond donors (Lipinski definition) is 1. The molecule has 0 bridgehead atoms. The number of hydrogen-bond acceptors (Lipinski definition) is 3. The highest BCUT2D eigenvalue weighted by atomic mass is 35.5. The van der Waals surface area contributed by atoms with Gasteiger partial charge in [0.1, 0.15) is 0 Å². The van der Waals surface area contributed by atoms with Gasteiger partial charge >= 0.3 is 6.18 Å². The van der Waals surface area contributed by atoms with Crippen molar-refractivity contribution in [2.75, 3.05) is 6.54 Å². The lowest BCUT2D eigenvalue weighted by Crippen LogP contribution is -2.26. The monoisotopic (exact) mass is 449 g/mol. The maximum Gasteiger partial charge on any atom is 0.416 e. The van der Waals surface area contributed by atoms with E-state index in [1.807, 2.05) is 12.1 Å². The largest absolute Gasteiger partial charge is 0.416 e. The molecule has 30 heavy (non-hydrogen) atoms. The van der Waals surface area contributed by atoms with E-state index in [9.17, 15) is 18.0 Å². The molecule has 0 fully saturated rings. The van der Waals surface area contributed by atoms with E-state index in [-0.39, 0.29) is 11.3 Å². The average Bonchev–Trinajstić information content (AvgIpc) is 3.30. The molecule has 0 aliphatic carbocycles. The Morgan fingerprint density at radius 1 is 1.17 bits per heavy atom. The molecule has 0 saturated heterocycles. The van der Waals surface area contributed by atoms with Crippen LogP contribution in [0.4, 0.5) is 13.2 Å². The maximum absolute atomic E-state index is 13.2. The maximum atomic E-state index is 13.2. The first-order valence-electron chi connectivity index (χ1n) is 8.99. The van der Waals surface area contributed by atoms with Gasteiger partial charge in [-0.15, -0.1) is 11.3 Å². The fourth-order valence-corrected chi connectivity index (χ4v) is 3.96. The van der Waals surface area contributed by atoms with Gasteiger partial charge in [0.25, 0.3) is 5.91 Å². The predicted octanol–water partition coefficient (Wildman–Crippen LogP) is 5.71. The highest BCUT2D eigenvalue weighted by molar-refractivity contribution is 7.15. The minimum Gasteiger partial charge on any atom is -0.350 e. The van der Waals surface area contributed by atoms with Crippen LogP contribution in [0.25, 0.3) is 16.2 Å². The molecule has 9 heteroatoms. The van der Waals surface area contributed by atoms with Crippen LogP contribution in [-0.4, -0.2) is 21.8 Å². The molecule has 2 heterocycles. The van der Waals surface area contributed by atoms with Crippen molar-refractivity contribution in [1.82, 2.24) is 14.7 Å². The summed E-state index contributed by atoms with van der Waals surface area (Å²) in [6.45, 7) is 0.355. The third-order valence-corrected chi connectivity index (χ3v) is 5.56. The van der Waals surface area contributed by atoms with Crippen LogP contribution in [0.3, 0.4) is 0 Å². The van der Waals surface area contributed by atoms with Gasteiger partial charge in [0, 0.05) is 28.7 Å². The number of alkyl halides is 3. The van der Waals surface area contributed by atoms with Gasteiger partial charge in [-0.1, -0.05) is 35.9 Å².